The molecule has 1 aliphatic rings. The first-order valence-corrected chi connectivity index (χ1v) is 11.1. The van der Waals surface area contributed by atoms with Crippen LogP contribution in [0.5, 0.6) is 11.5 Å². The largest absolute Gasteiger partial charge is 0.487 e. The van der Waals surface area contributed by atoms with Gasteiger partial charge in [-0.1, -0.05) is 6.92 Å². The Balaban J connectivity index is 2.42. The van der Waals surface area contributed by atoms with Gasteiger partial charge < -0.3 is 14.3 Å². The fourth-order valence-corrected chi connectivity index (χ4v) is 4.48. The standard InChI is InChI=1S/C19H30N2O6S/c1-7-21(28(6,23)24)17-13-19(3,4)26-18-9-8-15(12-16(17)18)27-20(14(2)22)10-11-25-5/h8-9,12,17H,7,10-11,13H2,1-6H3. The summed E-state index contributed by atoms with van der Waals surface area (Å²) < 4.78 is 37.2. The quantitative estimate of drug-likeness (QED) is 0.607. The Hall–Kier alpha value is -1.84. The summed E-state index contributed by atoms with van der Waals surface area (Å²) in [6.07, 6.45) is 1.71. The maximum absolute atomic E-state index is 12.3. The lowest BCUT2D eigenvalue weighted by Crippen LogP contribution is -2.43. The van der Waals surface area contributed by atoms with Crippen molar-refractivity contribution in [3.8, 4) is 11.5 Å². The third kappa shape index (κ3) is 5.36. The van der Waals surface area contributed by atoms with Gasteiger partial charge in [0.2, 0.25) is 10.0 Å². The lowest BCUT2D eigenvalue weighted by atomic mass is 9.89. The number of hydrogen-bond acceptors (Lipinski definition) is 6. The molecule has 1 heterocycles. The van der Waals surface area contributed by atoms with Gasteiger partial charge in [-0.05, 0) is 32.0 Å². The zero-order valence-electron chi connectivity index (χ0n) is 17.4. The van der Waals surface area contributed by atoms with Gasteiger partial charge in [0.05, 0.1) is 25.4 Å². The van der Waals surface area contributed by atoms with Crippen LogP contribution in [0, 0.1) is 0 Å². The molecule has 0 bridgehead atoms. The maximum atomic E-state index is 12.3. The summed E-state index contributed by atoms with van der Waals surface area (Å²) in [7, 11) is -1.87. The molecular weight excluding hydrogens is 384 g/mol. The van der Waals surface area contributed by atoms with Gasteiger partial charge in [0.1, 0.15) is 11.4 Å². The summed E-state index contributed by atoms with van der Waals surface area (Å²) in [5.74, 6) is 0.792. The Morgan fingerprint density at radius 3 is 2.57 bits per heavy atom. The molecule has 28 heavy (non-hydrogen) atoms. The zero-order chi connectivity index (χ0) is 21.1. The lowest BCUT2D eigenvalue weighted by Gasteiger charge is -2.41. The summed E-state index contributed by atoms with van der Waals surface area (Å²) in [4.78, 5) is 17.5. The Morgan fingerprint density at radius 1 is 1.36 bits per heavy atom. The number of ether oxygens (including phenoxy) is 2. The van der Waals surface area contributed by atoms with Crippen LogP contribution in [0.15, 0.2) is 18.2 Å². The van der Waals surface area contributed by atoms with Gasteiger partial charge in [-0.2, -0.15) is 9.37 Å². The van der Waals surface area contributed by atoms with Crippen molar-refractivity contribution in [1.82, 2.24) is 9.37 Å². The van der Waals surface area contributed by atoms with E-state index in [1.165, 1.54) is 22.5 Å². The van der Waals surface area contributed by atoms with Gasteiger partial charge in [-0.25, -0.2) is 8.42 Å². The van der Waals surface area contributed by atoms with Crippen LogP contribution >= 0.6 is 0 Å². The van der Waals surface area contributed by atoms with E-state index in [2.05, 4.69) is 0 Å². The van der Waals surface area contributed by atoms with E-state index in [1.807, 2.05) is 20.8 Å². The number of methoxy groups -OCH3 is 1. The highest BCUT2D eigenvalue weighted by Crippen LogP contribution is 2.44. The van der Waals surface area contributed by atoms with Crippen LogP contribution in [0.3, 0.4) is 0 Å². The van der Waals surface area contributed by atoms with Gasteiger partial charge in [-0.3, -0.25) is 4.79 Å². The molecular formula is C19H30N2O6S. The van der Waals surface area contributed by atoms with Crippen molar-refractivity contribution in [3.63, 3.8) is 0 Å². The maximum Gasteiger partial charge on any atom is 0.252 e. The average Bonchev–Trinajstić information content (AvgIpc) is 2.57. The Morgan fingerprint density at radius 2 is 2.04 bits per heavy atom. The zero-order valence-corrected chi connectivity index (χ0v) is 18.2. The number of benzene rings is 1. The van der Waals surface area contributed by atoms with Crippen LogP contribution in [0.1, 0.15) is 45.7 Å². The van der Waals surface area contributed by atoms with Crippen molar-refractivity contribution >= 4 is 15.9 Å². The van der Waals surface area contributed by atoms with Crippen molar-refractivity contribution in [2.75, 3.05) is 33.1 Å². The Bertz CT molecular complexity index is 809. The third-order valence-electron chi connectivity index (χ3n) is 4.56. The Kier molecular flexibility index (Phi) is 6.95. The van der Waals surface area contributed by atoms with E-state index in [-0.39, 0.29) is 18.5 Å². The van der Waals surface area contributed by atoms with Gasteiger partial charge >= 0.3 is 0 Å². The molecule has 0 spiro atoms. The highest BCUT2D eigenvalue weighted by molar-refractivity contribution is 7.88. The number of nitrogens with zero attached hydrogens (tertiary/aromatic N) is 2. The van der Waals surface area contributed by atoms with E-state index < -0.39 is 15.6 Å². The second-order valence-electron chi connectivity index (χ2n) is 7.45. The molecule has 0 fully saturated rings. The van der Waals surface area contributed by atoms with E-state index >= 15 is 0 Å². The molecule has 9 heteroatoms. The van der Waals surface area contributed by atoms with E-state index in [0.29, 0.717) is 31.1 Å². The molecule has 0 N–H and O–H groups in total. The minimum Gasteiger partial charge on any atom is -0.487 e. The molecule has 8 nitrogen and oxygen atoms in total. The number of carbonyl (C=O) groups excluding carboxylic acids is 1. The van der Waals surface area contributed by atoms with Gasteiger partial charge in [0.15, 0.2) is 5.75 Å². The first-order valence-electron chi connectivity index (χ1n) is 9.23. The van der Waals surface area contributed by atoms with E-state index in [0.717, 1.165) is 5.56 Å². The van der Waals surface area contributed by atoms with Crippen LogP contribution < -0.4 is 9.57 Å². The van der Waals surface area contributed by atoms with Crippen molar-refractivity contribution in [2.45, 2.75) is 45.8 Å². The highest BCUT2D eigenvalue weighted by atomic mass is 32.2. The molecule has 1 unspecified atom stereocenters. The van der Waals surface area contributed by atoms with E-state index in [4.69, 9.17) is 14.3 Å². The SMILES string of the molecule is CCN(C1CC(C)(C)Oc2ccc(ON(CCOC)C(C)=O)cc21)S(C)(=O)=O. The van der Waals surface area contributed by atoms with Crippen LogP contribution in [0.4, 0.5) is 0 Å². The van der Waals surface area contributed by atoms with Crippen molar-refractivity contribution < 1.29 is 27.5 Å². The van der Waals surface area contributed by atoms with Gasteiger partial charge in [0.25, 0.3) is 5.91 Å². The normalized spacial score (nSPS) is 18.3. The van der Waals surface area contributed by atoms with Crippen LogP contribution in [-0.2, 0) is 19.6 Å². The summed E-state index contributed by atoms with van der Waals surface area (Å²) in [6.45, 7) is 8.05. The molecule has 1 aromatic rings. The molecule has 0 radical (unpaired) electrons. The van der Waals surface area contributed by atoms with Crippen LogP contribution in [0.25, 0.3) is 0 Å². The second kappa shape index (κ2) is 8.67. The third-order valence-corrected chi connectivity index (χ3v) is 5.93. The van der Waals surface area contributed by atoms with E-state index in [1.54, 1.807) is 25.3 Å². The number of rotatable bonds is 8. The molecule has 1 aliphatic heterocycles. The summed E-state index contributed by atoms with van der Waals surface area (Å²) in [6, 6.07) is 4.82. The number of carbonyl (C=O) groups is 1. The predicted molar refractivity (Wildman–Crippen MR) is 106 cm³/mol. The van der Waals surface area contributed by atoms with E-state index in [9.17, 15) is 13.2 Å². The minimum absolute atomic E-state index is 0.255. The molecule has 158 valence electrons. The molecule has 1 amide bonds. The predicted octanol–water partition coefficient (Wildman–Crippen LogP) is 2.36. The summed E-state index contributed by atoms with van der Waals surface area (Å²) >= 11 is 0. The van der Waals surface area contributed by atoms with Crippen LogP contribution in [-0.4, -0.2) is 62.4 Å². The second-order valence-corrected chi connectivity index (χ2v) is 9.39. The van der Waals surface area contributed by atoms with Crippen LogP contribution in [0.2, 0.25) is 0 Å². The topological polar surface area (TPSA) is 85.4 Å². The number of fused-ring (bicyclic) bond motifs is 1. The molecule has 2 rings (SSSR count). The lowest BCUT2D eigenvalue weighted by molar-refractivity contribution is -0.156. The smallest absolute Gasteiger partial charge is 0.252 e. The van der Waals surface area contributed by atoms with Crippen molar-refractivity contribution in [3.05, 3.63) is 23.8 Å². The molecule has 0 aromatic heterocycles. The summed E-state index contributed by atoms with van der Waals surface area (Å²) in [5, 5.41) is 1.21. The van der Waals surface area contributed by atoms with Gasteiger partial charge in [-0.15, -0.1) is 0 Å². The summed E-state index contributed by atoms with van der Waals surface area (Å²) in [5.41, 5.74) is 0.210. The highest BCUT2D eigenvalue weighted by Gasteiger charge is 2.39. The fraction of sp³-hybridized carbons (Fsp3) is 0.632. The molecule has 0 saturated carbocycles. The number of sulfonamides is 1. The molecule has 0 saturated heterocycles. The molecule has 1 atom stereocenters. The number of amides is 1. The number of hydroxylamine groups is 2. The first kappa shape index (κ1) is 22.4. The minimum atomic E-state index is -3.41. The molecule has 1 aromatic carbocycles. The fourth-order valence-electron chi connectivity index (χ4n) is 3.36. The molecule has 0 aliphatic carbocycles. The monoisotopic (exact) mass is 414 g/mol. The first-order chi connectivity index (χ1) is 13.0. The average molecular weight is 415 g/mol. The van der Waals surface area contributed by atoms with Crippen molar-refractivity contribution in [2.24, 2.45) is 0 Å². The van der Waals surface area contributed by atoms with Crippen molar-refractivity contribution in [1.29, 1.82) is 0 Å². The Labute approximate surface area is 167 Å². The van der Waals surface area contributed by atoms with Gasteiger partial charge in [0, 0.05) is 32.6 Å². The number of hydrogen-bond donors (Lipinski definition) is 0.